The van der Waals surface area contributed by atoms with Gasteiger partial charge in [-0.05, 0) is 63.3 Å². The number of anilines is 4. The number of nitrogens with zero attached hydrogens (tertiary/aromatic N) is 4. The first-order valence-electron chi connectivity index (χ1n) is 10.1. The van der Waals surface area contributed by atoms with E-state index in [2.05, 4.69) is 32.5 Å². The Balaban J connectivity index is 1.44. The molecule has 30 heavy (non-hydrogen) atoms. The molecule has 0 saturated carbocycles. The molecular weight excluding hydrogens is 380 g/mol. The summed E-state index contributed by atoms with van der Waals surface area (Å²) in [6.45, 7) is 2.12. The van der Waals surface area contributed by atoms with Crippen molar-refractivity contribution in [2.24, 2.45) is 0 Å². The molecule has 2 N–H and O–H groups in total. The average molecular weight is 404 g/mol. The summed E-state index contributed by atoms with van der Waals surface area (Å²) >= 11 is 0. The second kappa shape index (κ2) is 7.46. The van der Waals surface area contributed by atoms with Gasteiger partial charge >= 0.3 is 0 Å². The van der Waals surface area contributed by atoms with Crippen LogP contribution in [0.5, 0.6) is 0 Å². The molecule has 154 valence electrons. The Kier molecular flexibility index (Phi) is 4.63. The summed E-state index contributed by atoms with van der Waals surface area (Å²) in [6.07, 6.45) is 5.37. The third-order valence-corrected chi connectivity index (χ3v) is 5.90. The molecule has 8 heteroatoms. The van der Waals surface area contributed by atoms with Crippen molar-refractivity contribution in [1.29, 1.82) is 0 Å². The molecule has 0 spiro atoms. The first-order valence-corrected chi connectivity index (χ1v) is 10.1. The van der Waals surface area contributed by atoms with Gasteiger partial charge in [0.1, 0.15) is 17.1 Å². The lowest BCUT2D eigenvalue weighted by Gasteiger charge is -2.35. The second-order valence-corrected chi connectivity index (χ2v) is 7.89. The smallest absolute Gasteiger partial charge is 0.261 e. The molecule has 4 heterocycles. The van der Waals surface area contributed by atoms with Crippen molar-refractivity contribution in [3.05, 3.63) is 48.4 Å². The van der Waals surface area contributed by atoms with Crippen molar-refractivity contribution in [1.82, 2.24) is 14.9 Å². The monoisotopic (exact) mass is 404 g/mol. The number of piperidine rings is 1. The van der Waals surface area contributed by atoms with E-state index in [1.54, 1.807) is 12.5 Å². The number of likely N-dealkylation sites (tertiary alicyclic amines) is 1. The summed E-state index contributed by atoms with van der Waals surface area (Å²) in [4.78, 5) is 26.5. The van der Waals surface area contributed by atoms with Crippen LogP contribution < -0.4 is 15.5 Å². The van der Waals surface area contributed by atoms with Crippen molar-refractivity contribution in [3.63, 3.8) is 0 Å². The van der Waals surface area contributed by atoms with Gasteiger partial charge in [0.2, 0.25) is 5.95 Å². The van der Waals surface area contributed by atoms with Gasteiger partial charge in [-0.25, -0.2) is 4.98 Å². The zero-order valence-electron chi connectivity index (χ0n) is 17.1. The molecule has 8 nitrogen and oxygen atoms in total. The van der Waals surface area contributed by atoms with Crippen LogP contribution in [-0.4, -0.2) is 54.0 Å². The number of benzene rings is 1. The number of carbonyl (C=O) groups is 1. The van der Waals surface area contributed by atoms with E-state index >= 15 is 0 Å². The highest BCUT2D eigenvalue weighted by Gasteiger charge is 2.26. The molecule has 2 aromatic heterocycles. The number of fused-ring (bicyclic) bond motifs is 2. The van der Waals surface area contributed by atoms with Crippen LogP contribution in [0.4, 0.5) is 23.1 Å². The van der Waals surface area contributed by atoms with E-state index in [4.69, 9.17) is 9.40 Å². The zero-order chi connectivity index (χ0) is 20.7. The normalized spacial score (nSPS) is 16.8. The molecule has 0 unspecified atom stereocenters. The average Bonchev–Trinajstić information content (AvgIpc) is 3.25. The van der Waals surface area contributed by atoms with Crippen LogP contribution in [0, 0.1) is 0 Å². The van der Waals surface area contributed by atoms with E-state index in [1.807, 2.05) is 37.4 Å². The van der Waals surface area contributed by atoms with Gasteiger partial charge in [-0.1, -0.05) is 0 Å². The number of hydrogen-bond acceptors (Lipinski definition) is 7. The predicted octanol–water partition coefficient (Wildman–Crippen LogP) is 3.58. The van der Waals surface area contributed by atoms with Crippen LogP contribution in [0.1, 0.15) is 23.2 Å². The maximum atomic E-state index is 12.8. The van der Waals surface area contributed by atoms with E-state index in [9.17, 15) is 4.79 Å². The quantitative estimate of drug-likeness (QED) is 0.690. The van der Waals surface area contributed by atoms with Crippen LogP contribution >= 0.6 is 0 Å². The topological polar surface area (TPSA) is 86.5 Å². The Labute approximate surface area is 174 Å². The molecule has 1 fully saturated rings. The van der Waals surface area contributed by atoms with Crippen molar-refractivity contribution in [3.8, 4) is 11.3 Å². The SMILES string of the molecule is CN1CCC(N(C)c2ncc3c(n2)Nc2ccc(-c4ccco4)cc2NC3=O)CC1. The predicted molar refractivity (Wildman–Crippen MR) is 116 cm³/mol. The Hall–Kier alpha value is -3.39. The molecular formula is C22H24N6O2. The van der Waals surface area contributed by atoms with E-state index < -0.39 is 0 Å². The van der Waals surface area contributed by atoms with Gasteiger partial charge in [0.25, 0.3) is 5.91 Å². The Bertz CT molecular complexity index is 1070. The standard InChI is InChI=1S/C22H24N6O2/c1-27-9-7-15(8-10-27)28(2)22-23-13-16-20(26-22)24-17-6-5-14(19-4-3-11-30-19)12-18(17)25-21(16)29/h3-6,11-13,15H,7-10H2,1-2H3,(H,25,29)(H,23,24,26). The van der Waals surface area contributed by atoms with Gasteiger partial charge < -0.3 is 24.9 Å². The number of furan rings is 1. The van der Waals surface area contributed by atoms with E-state index in [0.29, 0.717) is 29.1 Å². The van der Waals surface area contributed by atoms with Crippen molar-refractivity contribution in [2.75, 3.05) is 42.7 Å². The maximum absolute atomic E-state index is 12.8. The van der Waals surface area contributed by atoms with Gasteiger partial charge in [-0.15, -0.1) is 0 Å². The summed E-state index contributed by atoms with van der Waals surface area (Å²) in [5.41, 5.74) is 2.77. The van der Waals surface area contributed by atoms with Crippen LogP contribution in [-0.2, 0) is 0 Å². The van der Waals surface area contributed by atoms with Crippen LogP contribution in [0.25, 0.3) is 11.3 Å². The first-order chi connectivity index (χ1) is 14.6. The van der Waals surface area contributed by atoms with Gasteiger partial charge in [0.15, 0.2) is 0 Å². The van der Waals surface area contributed by atoms with Crippen molar-refractivity contribution >= 4 is 29.0 Å². The number of nitrogens with one attached hydrogen (secondary N) is 2. The van der Waals surface area contributed by atoms with Crippen LogP contribution in [0.3, 0.4) is 0 Å². The molecule has 0 aliphatic carbocycles. The Morgan fingerprint density at radius 3 is 2.77 bits per heavy atom. The number of amides is 1. The lowest BCUT2D eigenvalue weighted by molar-refractivity contribution is 0.102. The van der Waals surface area contributed by atoms with Gasteiger partial charge in [-0.3, -0.25) is 4.79 Å². The van der Waals surface area contributed by atoms with Crippen molar-refractivity contribution < 1.29 is 9.21 Å². The first kappa shape index (κ1) is 18.6. The zero-order valence-corrected chi connectivity index (χ0v) is 17.1. The fraction of sp³-hybridized carbons (Fsp3) is 0.318. The van der Waals surface area contributed by atoms with Gasteiger partial charge in [0.05, 0.1) is 17.6 Å². The highest BCUT2D eigenvalue weighted by molar-refractivity contribution is 6.11. The Morgan fingerprint density at radius 1 is 1.17 bits per heavy atom. The molecule has 0 radical (unpaired) electrons. The fourth-order valence-corrected chi connectivity index (χ4v) is 4.02. The van der Waals surface area contributed by atoms with E-state index in [-0.39, 0.29) is 5.91 Å². The molecule has 1 aromatic carbocycles. The lowest BCUT2D eigenvalue weighted by atomic mass is 10.0. The summed E-state index contributed by atoms with van der Waals surface area (Å²) in [5, 5.41) is 6.27. The van der Waals surface area contributed by atoms with Gasteiger partial charge in [-0.2, -0.15) is 4.98 Å². The minimum Gasteiger partial charge on any atom is -0.464 e. The molecule has 1 saturated heterocycles. The summed E-state index contributed by atoms with van der Waals surface area (Å²) in [6, 6.07) is 9.89. The third kappa shape index (κ3) is 3.39. The summed E-state index contributed by atoms with van der Waals surface area (Å²) in [5.74, 6) is 1.65. The third-order valence-electron chi connectivity index (χ3n) is 5.90. The molecule has 0 bridgehead atoms. The van der Waals surface area contributed by atoms with Crippen LogP contribution in [0.15, 0.2) is 47.2 Å². The maximum Gasteiger partial charge on any atom is 0.261 e. The number of hydrogen-bond donors (Lipinski definition) is 2. The van der Waals surface area contributed by atoms with Crippen LogP contribution in [0.2, 0.25) is 0 Å². The molecule has 1 amide bonds. The molecule has 0 atom stereocenters. The minimum absolute atomic E-state index is 0.235. The molecule has 5 rings (SSSR count). The number of aromatic nitrogens is 2. The summed E-state index contributed by atoms with van der Waals surface area (Å²) < 4.78 is 5.47. The molecule has 2 aliphatic heterocycles. The minimum atomic E-state index is -0.235. The largest absolute Gasteiger partial charge is 0.464 e. The van der Waals surface area contributed by atoms with E-state index in [0.717, 1.165) is 42.9 Å². The second-order valence-electron chi connectivity index (χ2n) is 7.89. The van der Waals surface area contributed by atoms with Crippen molar-refractivity contribution in [2.45, 2.75) is 18.9 Å². The highest BCUT2D eigenvalue weighted by Crippen LogP contribution is 2.35. The molecule has 2 aliphatic rings. The highest BCUT2D eigenvalue weighted by atomic mass is 16.3. The summed E-state index contributed by atoms with van der Waals surface area (Å²) in [7, 11) is 4.17. The van der Waals surface area contributed by atoms with E-state index in [1.165, 1.54) is 0 Å². The molecule has 3 aromatic rings. The van der Waals surface area contributed by atoms with Gasteiger partial charge in [0, 0.05) is 24.8 Å². The number of rotatable bonds is 3. The Morgan fingerprint density at radius 2 is 2.00 bits per heavy atom. The lowest BCUT2D eigenvalue weighted by Crippen LogP contribution is -2.42. The fourth-order valence-electron chi connectivity index (χ4n) is 4.02. The number of carbonyl (C=O) groups excluding carboxylic acids is 1.